The number of ketones is 1. The molecule has 2 bridgehead atoms. The Bertz CT molecular complexity index is 505. The largest absolute Gasteiger partial charge is 0.414 e. The van der Waals surface area contributed by atoms with Gasteiger partial charge >= 0.3 is 0 Å². The average molecular weight is 323 g/mol. The van der Waals surface area contributed by atoms with Gasteiger partial charge in [0.25, 0.3) is 0 Å². The molecule has 3 atom stereocenters. The average Bonchev–Trinajstić information content (AvgIpc) is 2.62. The molecule has 3 rings (SSSR count). The van der Waals surface area contributed by atoms with Gasteiger partial charge in [-0.1, -0.05) is 32.9 Å². The second-order valence-corrected chi connectivity index (χ2v) is 13.9. The molecule has 0 aromatic carbocycles. The first-order valence-corrected chi connectivity index (χ1v) is 11.5. The zero-order chi connectivity index (χ0) is 16.2. The van der Waals surface area contributed by atoms with Crippen molar-refractivity contribution >= 4 is 14.1 Å². The summed E-state index contributed by atoms with van der Waals surface area (Å²) >= 11 is 0. The zero-order valence-electron chi connectivity index (χ0n) is 14.7. The van der Waals surface area contributed by atoms with Crippen molar-refractivity contribution in [1.29, 1.82) is 0 Å². The van der Waals surface area contributed by atoms with E-state index in [1.165, 1.54) is 0 Å². The highest BCUT2D eigenvalue weighted by atomic mass is 28.4. The summed E-state index contributed by atoms with van der Waals surface area (Å²) in [5, 5.41) is 0.186. The molecule has 0 unspecified atom stereocenters. The second kappa shape index (κ2) is 5.02. The number of rotatable bonds is 3. The van der Waals surface area contributed by atoms with Gasteiger partial charge in [-0.15, -0.1) is 0 Å². The van der Waals surface area contributed by atoms with Gasteiger partial charge in [0, 0.05) is 18.8 Å². The molecule has 4 heteroatoms. The lowest BCUT2D eigenvalue weighted by atomic mass is 9.77. The van der Waals surface area contributed by atoms with Gasteiger partial charge < -0.3 is 9.16 Å². The third-order valence-electron chi connectivity index (χ3n) is 6.31. The van der Waals surface area contributed by atoms with Crippen molar-refractivity contribution in [3.63, 3.8) is 0 Å². The second-order valence-electron chi connectivity index (χ2n) is 9.07. The monoisotopic (exact) mass is 322 g/mol. The SMILES string of the molecule is CC(C)(C)[Si](C)(C)OC[C@]12CC(=O)C[C@@]3(CCC=C[C@H]3C1)O2. The van der Waals surface area contributed by atoms with Crippen LogP contribution in [0, 0.1) is 5.92 Å². The molecule has 0 aromatic rings. The predicted octanol–water partition coefficient (Wildman–Crippen LogP) is 4.24. The Morgan fingerprint density at radius 2 is 2.09 bits per heavy atom. The molecule has 0 amide bonds. The lowest BCUT2D eigenvalue weighted by Crippen LogP contribution is -2.51. The highest BCUT2D eigenvalue weighted by molar-refractivity contribution is 6.74. The van der Waals surface area contributed by atoms with Crippen LogP contribution in [0.1, 0.15) is 52.9 Å². The highest BCUT2D eigenvalue weighted by Gasteiger charge is 2.60. The topological polar surface area (TPSA) is 35.5 Å². The van der Waals surface area contributed by atoms with Gasteiger partial charge in [-0.05, 0) is 37.4 Å². The number of carbonyl (C=O) groups excluding carboxylic acids is 1. The Hall–Kier alpha value is -0.453. The minimum absolute atomic E-state index is 0.186. The van der Waals surface area contributed by atoms with E-state index in [0.717, 1.165) is 19.3 Å². The molecule has 1 aliphatic carbocycles. The van der Waals surface area contributed by atoms with Gasteiger partial charge in [-0.25, -0.2) is 0 Å². The van der Waals surface area contributed by atoms with Crippen molar-refractivity contribution in [2.45, 2.75) is 82.2 Å². The van der Waals surface area contributed by atoms with Crippen LogP contribution in [0.2, 0.25) is 18.1 Å². The Kier molecular flexibility index (Phi) is 3.74. The fourth-order valence-corrected chi connectivity index (χ4v) is 5.05. The standard InChI is InChI=1S/C18H30O3Si/c1-16(2,3)22(4,5)20-13-17-10-14-8-6-7-9-18(14,21-17)12-15(19)11-17/h6,8,14H,7,9-13H2,1-5H3/t14-,17+,18+/m0/s1. The molecule has 0 saturated carbocycles. The summed E-state index contributed by atoms with van der Waals surface area (Å²) < 4.78 is 13.0. The minimum Gasteiger partial charge on any atom is -0.414 e. The molecular weight excluding hydrogens is 292 g/mol. The quantitative estimate of drug-likeness (QED) is 0.576. The van der Waals surface area contributed by atoms with Crippen molar-refractivity contribution in [1.82, 2.24) is 0 Å². The van der Waals surface area contributed by atoms with E-state index in [1.54, 1.807) is 0 Å². The first kappa shape index (κ1) is 16.4. The summed E-state index contributed by atoms with van der Waals surface area (Å²) in [5.74, 6) is 0.763. The summed E-state index contributed by atoms with van der Waals surface area (Å²) in [6.07, 6.45) is 8.65. The van der Waals surface area contributed by atoms with Crippen LogP contribution in [-0.2, 0) is 14.0 Å². The van der Waals surface area contributed by atoms with E-state index in [0.29, 0.717) is 31.1 Å². The smallest absolute Gasteiger partial charge is 0.192 e. The van der Waals surface area contributed by atoms with Crippen LogP contribution in [0.4, 0.5) is 0 Å². The molecular formula is C18H30O3Si. The molecule has 1 spiro atoms. The van der Waals surface area contributed by atoms with Crippen molar-refractivity contribution in [3.05, 3.63) is 12.2 Å². The van der Waals surface area contributed by atoms with E-state index >= 15 is 0 Å². The van der Waals surface area contributed by atoms with E-state index in [1.807, 2.05) is 0 Å². The van der Waals surface area contributed by atoms with Gasteiger partial charge in [0.15, 0.2) is 8.32 Å². The summed E-state index contributed by atoms with van der Waals surface area (Å²) in [6.45, 7) is 11.9. The number of ether oxygens (including phenoxy) is 1. The van der Waals surface area contributed by atoms with Crippen LogP contribution in [0.15, 0.2) is 12.2 Å². The van der Waals surface area contributed by atoms with Gasteiger partial charge in [0.05, 0.1) is 17.8 Å². The van der Waals surface area contributed by atoms with Crippen LogP contribution >= 0.6 is 0 Å². The molecule has 2 saturated heterocycles. The zero-order valence-corrected chi connectivity index (χ0v) is 15.7. The van der Waals surface area contributed by atoms with Gasteiger partial charge in [-0.3, -0.25) is 4.79 Å². The highest BCUT2D eigenvalue weighted by Crippen LogP contribution is 2.55. The van der Waals surface area contributed by atoms with Crippen molar-refractivity contribution < 1.29 is 14.0 Å². The van der Waals surface area contributed by atoms with Crippen LogP contribution in [0.3, 0.4) is 0 Å². The maximum absolute atomic E-state index is 12.4. The van der Waals surface area contributed by atoms with Gasteiger partial charge in [0.1, 0.15) is 5.78 Å². The van der Waals surface area contributed by atoms with E-state index in [9.17, 15) is 4.79 Å². The maximum atomic E-state index is 12.4. The Labute approximate surface area is 135 Å². The van der Waals surface area contributed by atoms with E-state index in [2.05, 4.69) is 46.0 Å². The molecule has 2 heterocycles. The molecule has 2 aliphatic heterocycles. The third-order valence-corrected chi connectivity index (χ3v) is 10.8. The lowest BCUT2D eigenvalue weighted by Gasteiger charge is -2.43. The lowest BCUT2D eigenvalue weighted by molar-refractivity contribution is -0.173. The van der Waals surface area contributed by atoms with Crippen molar-refractivity contribution in [3.8, 4) is 0 Å². The maximum Gasteiger partial charge on any atom is 0.192 e. The van der Waals surface area contributed by atoms with E-state index in [4.69, 9.17) is 9.16 Å². The Morgan fingerprint density at radius 1 is 1.36 bits per heavy atom. The van der Waals surface area contributed by atoms with Crippen LogP contribution in [-0.4, -0.2) is 31.9 Å². The molecule has 3 nitrogen and oxygen atoms in total. The normalized spacial score (nSPS) is 38.2. The molecule has 0 N–H and O–H groups in total. The van der Waals surface area contributed by atoms with Gasteiger partial charge in [-0.2, -0.15) is 0 Å². The summed E-state index contributed by atoms with van der Waals surface area (Å²) in [5.41, 5.74) is -0.592. The minimum atomic E-state index is -1.82. The molecule has 22 heavy (non-hydrogen) atoms. The number of fused-ring (bicyclic) bond motifs is 1. The number of carbonyl (C=O) groups is 1. The molecule has 3 aliphatic rings. The summed E-state index contributed by atoms with van der Waals surface area (Å²) in [4.78, 5) is 12.4. The predicted molar refractivity (Wildman–Crippen MR) is 90.4 cm³/mol. The van der Waals surface area contributed by atoms with E-state index in [-0.39, 0.29) is 16.2 Å². The third kappa shape index (κ3) is 2.63. The number of Topliss-reactive ketones (excluding diaryl/α,β-unsaturated/α-hetero) is 1. The fourth-order valence-electron chi connectivity index (χ4n) is 3.99. The summed E-state index contributed by atoms with van der Waals surface area (Å²) in [7, 11) is -1.82. The van der Waals surface area contributed by atoms with Crippen molar-refractivity contribution in [2.75, 3.05) is 6.61 Å². The van der Waals surface area contributed by atoms with Crippen LogP contribution < -0.4 is 0 Å². The molecule has 0 radical (unpaired) electrons. The summed E-state index contributed by atoms with van der Waals surface area (Å²) in [6, 6.07) is 0. The van der Waals surface area contributed by atoms with Crippen molar-refractivity contribution in [2.24, 2.45) is 5.92 Å². The fraction of sp³-hybridized carbons (Fsp3) is 0.833. The Morgan fingerprint density at radius 3 is 2.77 bits per heavy atom. The van der Waals surface area contributed by atoms with Crippen LogP contribution in [0.25, 0.3) is 0 Å². The molecule has 0 aromatic heterocycles. The number of hydrogen-bond acceptors (Lipinski definition) is 3. The van der Waals surface area contributed by atoms with Gasteiger partial charge in [0.2, 0.25) is 0 Å². The van der Waals surface area contributed by atoms with Crippen LogP contribution in [0.5, 0.6) is 0 Å². The molecule has 124 valence electrons. The van der Waals surface area contributed by atoms with E-state index < -0.39 is 8.32 Å². The number of hydrogen-bond donors (Lipinski definition) is 0. The molecule has 2 fully saturated rings. The first-order chi connectivity index (χ1) is 10.1. The Balaban J connectivity index is 1.79. The first-order valence-electron chi connectivity index (χ1n) is 8.60. The number of allylic oxidation sites excluding steroid dienone is 1.